The number of ether oxygens (including phenoxy) is 1. The van der Waals surface area contributed by atoms with Gasteiger partial charge in [-0.3, -0.25) is 9.35 Å². The number of nitrogens with one attached hydrogen (secondary N) is 1. The second kappa shape index (κ2) is 8.06. The van der Waals surface area contributed by atoms with Crippen LogP contribution in [0.4, 0.5) is 4.39 Å². The predicted molar refractivity (Wildman–Crippen MR) is 74.9 cm³/mol. The molecular formula is C13H18FNO5S. The predicted octanol–water partition coefficient (Wildman–Crippen LogP) is 0.777. The highest BCUT2D eigenvalue weighted by molar-refractivity contribution is 7.85. The molecule has 0 heterocycles. The Morgan fingerprint density at radius 3 is 2.52 bits per heavy atom. The zero-order valence-electron chi connectivity index (χ0n) is 11.6. The topological polar surface area (TPSA) is 92.7 Å². The monoisotopic (exact) mass is 319 g/mol. The average molecular weight is 319 g/mol. The van der Waals surface area contributed by atoms with Crippen molar-refractivity contribution in [1.29, 1.82) is 0 Å². The van der Waals surface area contributed by atoms with Crippen molar-refractivity contribution in [2.45, 2.75) is 18.9 Å². The molecular weight excluding hydrogens is 301 g/mol. The molecule has 0 spiro atoms. The summed E-state index contributed by atoms with van der Waals surface area (Å²) in [6.07, 6.45) is 0.453. The highest BCUT2D eigenvalue weighted by Gasteiger charge is 2.19. The Hall–Kier alpha value is -1.51. The van der Waals surface area contributed by atoms with Crippen LogP contribution in [-0.4, -0.2) is 44.4 Å². The van der Waals surface area contributed by atoms with Crippen LogP contribution in [0.3, 0.4) is 0 Å². The Bertz CT molecular complexity index is 558. The van der Waals surface area contributed by atoms with Crippen LogP contribution in [0.5, 0.6) is 0 Å². The molecule has 0 aliphatic carbocycles. The first kappa shape index (κ1) is 17.5. The van der Waals surface area contributed by atoms with Crippen LogP contribution >= 0.6 is 0 Å². The van der Waals surface area contributed by atoms with Crippen molar-refractivity contribution in [2.75, 3.05) is 19.4 Å². The Balaban J connectivity index is 2.56. The van der Waals surface area contributed by atoms with Gasteiger partial charge in [0.1, 0.15) is 11.9 Å². The van der Waals surface area contributed by atoms with Crippen LogP contribution in [0.15, 0.2) is 24.3 Å². The summed E-state index contributed by atoms with van der Waals surface area (Å²) in [6.45, 7) is 0.223. The van der Waals surface area contributed by atoms with Gasteiger partial charge in [-0.05, 0) is 37.1 Å². The minimum atomic E-state index is -4.01. The minimum Gasteiger partial charge on any atom is -0.468 e. The van der Waals surface area contributed by atoms with E-state index in [1.165, 1.54) is 19.2 Å². The highest BCUT2D eigenvalue weighted by Crippen LogP contribution is 2.07. The molecule has 0 amide bonds. The maximum Gasteiger partial charge on any atom is 0.323 e. The molecule has 0 bridgehead atoms. The standard InChI is InChI=1S/C13H18FNO5S/c1-20-13(16)12(15-7-2-8-21(17,18)19)9-10-3-5-11(14)6-4-10/h3-6,12,15H,2,7-9H2,1H3,(H,17,18,19)/t12-/m1/s1. The maximum atomic E-state index is 12.8. The number of benzene rings is 1. The minimum absolute atomic E-state index is 0.162. The van der Waals surface area contributed by atoms with Crippen LogP contribution in [0, 0.1) is 5.82 Å². The van der Waals surface area contributed by atoms with Crippen molar-refractivity contribution in [2.24, 2.45) is 0 Å². The van der Waals surface area contributed by atoms with Gasteiger partial charge in [0.25, 0.3) is 10.1 Å². The number of methoxy groups -OCH3 is 1. The SMILES string of the molecule is COC(=O)[C@@H](Cc1ccc(F)cc1)NCCCS(=O)(=O)O. The van der Waals surface area contributed by atoms with E-state index >= 15 is 0 Å². The molecule has 1 atom stereocenters. The molecule has 1 aromatic rings. The summed E-state index contributed by atoms with van der Waals surface area (Å²) < 4.78 is 47.3. The summed E-state index contributed by atoms with van der Waals surface area (Å²) in [6, 6.07) is 5.04. The van der Waals surface area contributed by atoms with Gasteiger partial charge in [-0.1, -0.05) is 12.1 Å². The Labute approximate surface area is 123 Å². The lowest BCUT2D eigenvalue weighted by molar-refractivity contribution is -0.143. The highest BCUT2D eigenvalue weighted by atomic mass is 32.2. The van der Waals surface area contributed by atoms with Crippen molar-refractivity contribution < 1.29 is 26.9 Å². The van der Waals surface area contributed by atoms with E-state index in [4.69, 9.17) is 4.55 Å². The smallest absolute Gasteiger partial charge is 0.323 e. The molecule has 0 fully saturated rings. The number of rotatable bonds is 8. The first-order chi connectivity index (χ1) is 9.81. The van der Waals surface area contributed by atoms with E-state index < -0.39 is 22.1 Å². The van der Waals surface area contributed by atoms with Crippen LogP contribution in [0.1, 0.15) is 12.0 Å². The van der Waals surface area contributed by atoms with E-state index in [9.17, 15) is 17.6 Å². The lowest BCUT2D eigenvalue weighted by Gasteiger charge is -2.16. The summed E-state index contributed by atoms with van der Waals surface area (Å²) >= 11 is 0. The van der Waals surface area contributed by atoms with Crippen LogP contribution < -0.4 is 5.32 Å². The van der Waals surface area contributed by atoms with Gasteiger partial charge >= 0.3 is 5.97 Å². The van der Waals surface area contributed by atoms with Gasteiger partial charge in [0, 0.05) is 0 Å². The average Bonchev–Trinajstić information content (AvgIpc) is 2.42. The van der Waals surface area contributed by atoms with E-state index in [0.717, 1.165) is 5.56 Å². The first-order valence-corrected chi connectivity index (χ1v) is 7.93. The van der Waals surface area contributed by atoms with Gasteiger partial charge < -0.3 is 10.1 Å². The van der Waals surface area contributed by atoms with Crippen molar-refractivity contribution in [1.82, 2.24) is 5.32 Å². The molecule has 0 unspecified atom stereocenters. The van der Waals surface area contributed by atoms with Gasteiger partial charge in [-0.2, -0.15) is 8.42 Å². The molecule has 6 nitrogen and oxygen atoms in total. The van der Waals surface area contributed by atoms with Crippen LogP contribution in [0.2, 0.25) is 0 Å². The molecule has 21 heavy (non-hydrogen) atoms. The lowest BCUT2D eigenvalue weighted by Crippen LogP contribution is -2.40. The fourth-order valence-corrected chi connectivity index (χ4v) is 2.28. The normalized spacial score (nSPS) is 12.9. The van der Waals surface area contributed by atoms with Crippen LogP contribution in [-0.2, 0) is 26.1 Å². The van der Waals surface area contributed by atoms with Gasteiger partial charge in [0.15, 0.2) is 0 Å². The summed E-state index contributed by atoms with van der Waals surface area (Å²) in [4.78, 5) is 11.6. The molecule has 2 N–H and O–H groups in total. The number of hydrogen-bond acceptors (Lipinski definition) is 5. The number of esters is 1. The lowest BCUT2D eigenvalue weighted by atomic mass is 10.1. The molecule has 0 saturated carbocycles. The molecule has 1 rings (SSSR count). The van der Waals surface area contributed by atoms with E-state index in [0.29, 0.717) is 6.42 Å². The number of carbonyl (C=O) groups is 1. The second-order valence-electron chi connectivity index (χ2n) is 4.50. The van der Waals surface area contributed by atoms with E-state index in [2.05, 4.69) is 10.1 Å². The molecule has 0 aliphatic heterocycles. The number of carbonyl (C=O) groups excluding carboxylic acids is 1. The third kappa shape index (κ3) is 7.16. The maximum absolute atomic E-state index is 12.8. The van der Waals surface area contributed by atoms with E-state index in [1.54, 1.807) is 12.1 Å². The summed E-state index contributed by atoms with van der Waals surface area (Å²) in [7, 11) is -2.76. The van der Waals surface area contributed by atoms with Crippen molar-refractivity contribution in [3.63, 3.8) is 0 Å². The molecule has 0 aromatic heterocycles. The molecule has 0 aliphatic rings. The third-order valence-corrected chi connectivity index (χ3v) is 3.61. The Morgan fingerprint density at radius 2 is 2.00 bits per heavy atom. The molecule has 0 radical (unpaired) electrons. The molecule has 0 saturated heterocycles. The van der Waals surface area contributed by atoms with Gasteiger partial charge in [0.2, 0.25) is 0 Å². The van der Waals surface area contributed by atoms with E-state index in [-0.39, 0.29) is 24.5 Å². The van der Waals surface area contributed by atoms with E-state index in [1.807, 2.05) is 0 Å². The molecule has 1 aromatic carbocycles. The van der Waals surface area contributed by atoms with Crippen molar-refractivity contribution >= 4 is 16.1 Å². The largest absolute Gasteiger partial charge is 0.468 e. The fourth-order valence-electron chi connectivity index (χ4n) is 1.77. The van der Waals surface area contributed by atoms with Crippen molar-refractivity contribution in [3.05, 3.63) is 35.6 Å². The molecule has 118 valence electrons. The van der Waals surface area contributed by atoms with Gasteiger partial charge in [-0.15, -0.1) is 0 Å². The quantitative estimate of drug-likeness (QED) is 0.418. The number of halogens is 1. The summed E-state index contributed by atoms with van der Waals surface area (Å²) in [5.74, 6) is -1.24. The summed E-state index contributed by atoms with van der Waals surface area (Å²) in [5.41, 5.74) is 0.745. The van der Waals surface area contributed by atoms with Crippen LogP contribution in [0.25, 0.3) is 0 Å². The Morgan fingerprint density at radius 1 is 1.38 bits per heavy atom. The Kier molecular flexibility index (Phi) is 6.73. The third-order valence-electron chi connectivity index (χ3n) is 2.81. The number of hydrogen-bond donors (Lipinski definition) is 2. The zero-order valence-corrected chi connectivity index (χ0v) is 12.4. The summed E-state index contributed by atoms with van der Waals surface area (Å²) in [5, 5.41) is 2.86. The van der Waals surface area contributed by atoms with Crippen molar-refractivity contribution in [3.8, 4) is 0 Å². The van der Waals surface area contributed by atoms with Gasteiger partial charge in [-0.25, -0.2) is 4.39 Å². The van der Waals surface area contributed by atoms with Gasteiger partial charge in [0.05, 0.1) is 12.9 Å². The zero-order chi connectivity index (χ0) is 15.9. The second-order valence-corrected chi connectivity index (χ2v) is 6.07. The molecule has 8 heteroatoms. The fraction of sp³-hybridized carbons (Fsp3) is 0.462. The first-order valence-electron chi connectivity index (χ1n) is 6.32.